The van der Waals surface area contributed by atoms with Gasteiger partial charge in [-0.3, -0.25) is 9.59 Å². The van der Waals surface area contributed by atoms with E-state index in [1.807, 2.05) is 6.92 Å². The summed E-state index contributed by atoms with van der Waals surface area (Å²) in [6.07, 6.45) is 2.58. The average Bonchev–Trinajstić information content (AvgIpc) is 3.35. The van der Waals surface area contributed by atoms with E-state index < -0.39 is 36.4 Å². The molecule has 1 saturated carbocycles. The summed E-state index contributed by atoms with van der Waals surface area (Å²) >= 11 is 0. The fourth-order valence-electron chi connectivity index (χ4n) is 4.08. The molecule has 3 rings (SSSR count). The number of carbonyl (C=O) groups is 3. The normalized spacial score (nSPS) is 17.6. The van der Waals surface area contributed by atoms with E-state index in [1.54, 1.807) is 0 Å². The van der Waals surface area contributed by atoms with Gasteiger partial charge in [-0.2, -0.15) is 0 Å². The van der Waals surface area contributed by atoms with Crippen molar-refractivity contribution in [3.05, 3.63) is 52.9 Å². The number of carboxylic acids is 3. The summed E-state index contributed by atoms with van der Waals surface area (Å²) in [6, 6.07) is 11.3. The summed E-state index contributed by atoms with van der Waals surface area (Å²) < 4.78 is 5.38. The van der Waals surface area contributed by atoms with Crippen molar-refractivity contribution in [2.75, 3.05) is 0 Å². The standard InChI is InChI=1S/C18H24N2O.C6H8O7/c1-13-6-3-4-7-16(13)12-19-18-9-5-8-15(18)11-17-10-14(2)20-21-17;7-3(8)1-6(13,5(11)12)2-4(9)10/h3-4,6-7,10,15,18-19H,5,8-9,11-12H2,1-2H3;13H,1-2H2,(H,7,8)(H,9,10)(H,11,12)/t15-,18+;/m0./s1. The third-order valence-corrected chi connectivity index (χ3v) is 5.90. The molecule has 2 aromatic rings. The maximum absolute atomic E-state index is 10.3. The number of hydrogen-bond donors (Lipinski definition) is 5. The summed E-state index contributed by atoms with van der Waals surface area (Å²) in [5.41, 5.74) is 1.01. The Balaban J connectivity index is 0.000000273. The minimum Gasteiger partial charge on any atom is -0.481 e. The van der Waals surface area contributed by atoms with Crippen molar-refractivity contribution in [2.24, 2.45) is 5.92 Å². The van der Waals surface area contributed by atoms with Crippen LogP contribution < -0.4 is 5.32 Å². The Morgan fingerprint density at radius 3 is 2.26 bits per heavy atom. The average molecular weight is 477 g/mol. The van der Waals surface area contributed by atoms with E-state index in [4.69, 9.17) is 24.9 Å². The number of aryl methyl sites for hydroxylation is 2. The first kappa shape index (κ1) is 27.0. The molecule has 0 spiro atoms. The molecule has 1 aliphatic carbocycles. The number of rotatable bonds is 10. The van der Waals surface area contributed by atoms with Crippen LogP contribution in [0.5, 0.6) is 0 Å². The number of aliphatic hydroxyl groups is 1. The molecule has 34 heavy (non-hydrogen) atoms. The van der Waals surface area contributed by atoms with Crippen molar-refractivity contribution in [1.29, 1.82) is 0 Å². The molecule has 2 atom stereocenters. The largest absolute Gasteiger partial charge is 0.481 e. The van der Waals surface area contributed by atoms with E-state index in [0.717, 1.165) is 24.4 Å². The number of aliphatic carboxylic acids is 3. The minimum atomic E-state index is -2.74. The van der Waals surface area contributed by atoms with Crippen LogP contribution in [0, 0.1) is 19.8 Å². The Morgan fingerprint density at radius 1 is 1.09 bits per heavy atom. The molecule has 0 saturated heterocycles. The summed E-state index contributed by atoms with van der Waals surface area (Å²) in [5.74, 6) is -3.32. The Kier molecular flexibility index (Phi) is 9.76. The quantitative estimate of drug-likeness (QED) is 0.343. The van der Waals surface area contributed by atoms with E-state index in [2.05, 4.69) is 47.7 Å². The van der Waals surface area contributed by atoms with Gasteiger partial charge in [-0.1, -0.05) is 35.8 Å². The van der Waals surface area contributed by atoms with Crippen LogP contribution >= 0.6 is 0 Å². The van der Waals surface area contributed by atoms with Gasteiger partial charge in [0, 0.05) is 25.1 Å². The van der Waals surface area contributed by atoms with Gasteiger partial charge in [-0.05, 0) is 43.7 Å². The molecule has 1 aromatic carbocycles. The molecule has 0 aliphatic heterocycles. The first-order valence-corrected chi connectivity index (χ1v) is 11.1. The maximum Gasteiger partial charge on any atom is 0.336 e. The lowest BCUT2D eigenvalue weighted by Crippen LogP contribution is -2.42. The highest BCUT2D eigenvalue weighted by Gasteiger charge is 2.40. The topological polar surface area (TPSA) is 170 Å². The van der Waals surface area contributed by atoms with Crippen LogP contribution in [-0.2, 0) is 27.3 Å². The molecule has 10 nitrogen and oxygen atoms in total. The van der Waals surface area contributed by atoms with Gasteiger partial charge in [0.1, 0.15) is 5.76 Å². The summed E-state index contributed by atoms with van der Waals surface area (Å²) in [5, 5.41) is 41.6. The van der Waals surface area contributed by atoms with Crippen LogP contribution in [0.1, 0.15) is 54.7 Å². The van der Waals surface area contributed by atoms with Gasteiger partial charge in [0.2, 0.25) is 0 Å². The molecule has 0 bridgehead atoms. The van der Waals surface area contributed by atoms with Crippen LogP contribution in [0.3, 0.4) is 0 Å². The number of benzene rings is 1. The van der Waals surface area contributed by atoms with Gasteiger partial charge < -0.3 is 30.3 Å². The van der Waals surface area contributed by atoms with Gasteiger partial charge >= 0.3 is 17.9 Å². The first-order chi connectivity index (χ1) is 16.0. The molecule has 1 aliphatic rings. The molecule has 0 radical (unpaired) electrons. The third kappa shape index (κ3) is 8.27. The molecule has 0 unspecified atom stereocenters. The van der Waals surface area contributed by atoms with Gasteiger partial charge in [0.15, 0.2) is 5.60 Å². The fourth-order valence-corrected chi connectivity index (χ4v) is 4.08. The van der Waals surface area contributed by atoms with Crippen LogP contribution in [0.4, 0.5) is 0 Å². The number of aromatic nitrogens is 1. The first-order valence-electron chi connectivity index (χ1n) is 11.1. The zero-order valence-electron chi connectivity index (χ0n) is 19.4. The minimum absolute atomic E-state index is 0.593. The van der Waals surface area contributed by atoms with E-state index in [-0.39, 0.29) is 0 Å². The van der Waals surface area contributed by atoms with Crippen LogP contribution in [-0.4, -0.2) is 55.1 Å². The summed E-state index contributed by atoms with van der Waals surface area (Å²) in [7, 11) is 0. The number of nitrogens with zero attached hydrogens (tertiary/aromatic N) is 1. The Hall–Kier alpha value is -3.24. The van der Waals surface area contributed by atoms with Crippen molar-refractivity contribution in [1.82, 2.24) is 10.5 Å². The highest BCUT2D eigenvalue weighted by Crippen LogP contribution is 2.29. The Labute approximate surface area is 197 Å². The van der Waals surface area contributed by atoms with Gasteiger partial charge in [-0.15, -0.1) is 0 Å². The lowest BCUT2D eigenvalue weighted by molar-refractivity contribution is -0.170. The predicted molar refractivity (Wildman–Crippen MR) is 121 cm³/mol. The van der Waals surface area contributed by atoms with E-state index >= 15 is 0 Å². The highest BCUT2D eigenvalue weighted by molar-refractivity contribution is 5.88. The molecule has 0 amide bonds. The number of carboxylic acid groups (broad SMARTS) is 3. The number of nitrogens with one attached hydrogen (secondary N) is 1. The van der Waals surface area contributed by atoms with Crippen LogP contribution in [0.25, 0.3) is 0 Å². The van der Waals surface area contributed by atoms with Gasteiger partial charge in [-0.25, -0.2) is 4.79 Å². The van der Waals surface area contributed by atoms with Crippen molar-refractivity contribution < 1.29 is 39.3 Å². The molecular weight excluding hydrogens is 444 g/mol. The second-order valence-corrected chi connectivity index (χ2v) is 8.72. The monoisotopic (exact) mass is 476 g/mol. The molecular formula is C24H32N2O8. The maximum atomic E-state index is 10.3. The molecule has 186 valence electrons. The zero-order chi connectivity index (χ0) is 25.3. The second-order valence-electron chi connectivity index (χ2n) is 8.72. The van der Waals surface area contributed by atoms with Gasteiger partial charge in [0.05, 0.1) is 18.5 Å². The molecule has 1 fully saturated rings. The Bertz CT molecular complexity index is 971. The molecule has 5 N–H and O–H groups in total. The van der Waals surface area contributed by atoms with Crippen molar-refractivity contribution in [2.45, 2.75) is 70.6 Å². The SMILES string of the molecule is Cc1cc(C[C@@H]2CCC[C@H]2NCc2ccccc2C)on1.O=C(O)CC(O)(CC(=O)O)C(=O)O. The third-order valence-electron chi connectivity index (χ3n) is 5.90. The van der Waals surface area contributed by atoms with Crippen LogP contribution in [0.15, 0.2) is 34.9 Å². The molecule has 10 heteroatoms. The van der Waals surface area contributed by atoms with E-state index in [1.165, 1.54) is 30.4 Å². The smallest absolute Gasteiger partial charge is 0.336 e. The van der Waals surface area contributed by atoms with Crippen molar-refractivity contribution in [3.8, 4) is 0 Å². The molecule has 1 heterocycles. The molecule has 1 aromatic heterocycles. The van der Waals surface area contributed by atoms with Crippen molar-refractivity contribution in [3.63, 3.8) is 0 Å². The highest BCUT2D eigenvalue weighted by atomic mass is 16.5. The van der Waals surface area contributed by atoms with Crippen LogP contribution in [0.2, 0.25) is 0 Å². The number of hydrogen-bond acceptors (Lipinski definition) is 7. The zero-order valence-corrected chi connectivity index (χ0v) is 19.4. The fraction of sp³-hybridized carbons (Fsp3) is 0.500. The second kappa shape index (κ2) is 12.3. The van der Waals surface area contributed by atoms with Crippen molar-refractivity contribution >= 4 is 17.9 Å². The van der Waals surface area contributed by atoms with Gasteiger partial charge in [0.25, 0.3) is 0 Å². The predicted octanol–water partition coefficient (Wildman–Crippen LogP) is 2.54. The lowest BCUT2D eigenvalue weighted by atomic mass is 9.96. The van der Waals surface area contributed by atoms with E-state index in [9.17, 15) is 14.4 Å². The summed E-state index contributed by atoms with van der Waals surface area (Å²) in [6.45, 7) is 5.12. The lowest BCUT2D eigenvalue weighted by Gasteiger charge is -2.20. The van der Waals surface area contributed by atoms with E-state index in [0.29, 0.717) is 12.0 Å². The Morgan fingerprint density at radius 2 is 1.74 bits per heavy atom. The summed E-state index contributed by atoms with van der Waals surface area (Å²) in [4.78, 5) is 30.5.